The molecule has 0 aromatic heterocycles. The third-order valence-electron chi connectivity index (χ3n) is 15.7. The number of esters is 3. The second-order valence-electron chi connectivity index (χ2n) is 23.8. The van der Waals surface area contributed by atoms with Gasteiger partial charge in [-0.15, -0.1) is 0 Å². The number of allylic oxidation sites excluding steroid dienone is 12. The molecular formula is C75H134O6. The van der Waals surface area contributed by atoms with Gasteiger partial charge in [-0.1, -0.05) is 312 Å². The first kappa shape index (κ1) is 77.9. The molecule has 0 heterocycles. The maximum Gasteiger partial charge on any atom is 0.306 e. The Kier molecular flexibility index (Phi) is 66.6. The number of carbonyl (C=O) groups is 3. The normalized spacial score (nSPS) is 12.5. The summed E-state index contributed by atoms with van der Waals surface area (Å²) in [6.07, 6.45) is 90.9. The van der Waals surface area contributed by atoms with Gasteiger partial charge in [0.25, 0.3) is 0 Å². The molecule has 0 aliphatic carbocycles. The lowest BCUT2D eigenvalue weighted by Crippen LogP contribution is -2.30. The largest absolute Gasteiger partial charge is 0.462 e. The molecule has 0 aliphatic heterocycles. The first-order chi connectivity index (χ1) is 40.0. The van der Waals surface area contributed by atoms with Gasteiger partial charge in [-0.05, 0) is 109 Å². The highest BCUT2D eigenvalue weighted by Gasteiger charge is 2.19. The highest BCUT2D eigenvalue weighted by atomic mass is 16.6. The number of hydrogen-bond acceptors (Lipinski definition) is 6. The lowest BCUT2D eigenvalue weighted by atomic mass is 10.0. The van der Waals surface area contributed by atoms with Gasteiger partial charge in [-0.2, -0.15) is 0 Å². The number of carbonyl (C=O) groups excluding carboxylic acids is 3. The van der Waals surface area contributed by atoms with Gasteiger partial charge in [0, 0.05) is 19.3 Å². The summed E-state index contributed by atoms with van der Waals surface area (Å²) in [4.78, 5) is 38.4. The number of unbranched alkanes of at least 4 members (excludes halogenated alkanes) is 42. The van der Waals surface area contributed by atoms with Crippen molar-refractivity contribution in [2.24, 2.45) is 0 Å². The van der Waals surface area contributed by atoms with Crippen molar-refractivity contribution < 1.29 is 28.6 Å². The minimum absolute atomic E-state index is 0.0838. The van der Waals surface area contributed by atoms with E-state index >= 15 is 0 Å². The van der Waals surface area contributed by atoms with Crippen LogP contribution in [0.15, 0.2) is 72.9 Å². The monoisotopic (exact) mass is 1130 g/mol. The van der Waals surface area contributed by atoms with Crippen LogP contribution in [0, 0.1) is 0 Å². The van der Waals surface area contributed by atoms with E-state index in [1.165, 1.54) is 238 Å². The molecule has 0 bridgehead atoms. The number of rotatable bonds is 65. The summed E-state index contributed by atoms with van der Waals surface area (Å²) in [7, 11) is 0. The van der Waals surface area contributed by atoms with Crippen LogP contribution in [0.3, 0.4) is 0 Å². The van der Waals surface area contributed by atoms with Gasteiger partial charge in [0.1, 0.15) is 13.2 Å². The predicted molar refractivity (Wildman–Crippen MR) is 353 cm³/mol. The van der Waals surface area contributed by atoms with Gasteiger partial charge < -0.3 is 14.2 Å². The van der Waals surface area contributed by atoms with Crippen molar-refractivity contribution in [3.8, 4) is 0 Å². The zero-order chi connectivity index (χ0) is 58.5. The molecule has 0 N–H and O–H groups in total. The summed E-state index contributed by atoms with van der Waals surface area (Å²) in [5, 5.41) is 0. The first-order valence-corrected chi connectivity index (χ1v) is 35.4. The van der Waals surface area contributed by atoms with E-state index in [4.69, 9.17) is 14.2 Å². The highest BCUT2D eigenvalue weighted by molar-refractivity contribution is 5.71. The molecular weight excluding hydrogens is 997 g/mol. The molecule has 1 atom stereocenters. The lowest BCUT2D eigenvalue weighted by Gasteiger charge is -2.18. The molecule has 1 unspecified atom stereocenters. The Balaban J connectivity index is 4.23. The van der Waals surface area contributed by atoms with Crippen molar-refractivity contribution in [1.82, 2.24) is 0 Å². The van der Waals surface area contributed by atoms with Crippen molar-refractivity contribution in [3.63, 3.8) is 0 Å². The quantitative estimate of drug-likeness (QED) is 0.0261. The van der Waals surface area contributed by atoms with Gasteiger partial charge in [0.05, 0.1) is 0 Å². The van der Waals surface area contributed by atoms with Gasteiger partial charge in [0.15, 0.2) is 6.10 Å². The number of hydrogen-bond donors (Lipinski definition) is 0. The van der Waals surface area contributed by atoms with Crippen molar-refractivity contribution in [2.75, 3.05) is 13.2 Å². The molecule has 0 saturated heterocycles. The van der Waals surface area contributed by atoms with Gasteiger partial charge in [-0.3, -0.25) is 14.4 Å². The average Bonchev–Trinajstić information content (AvgIpc) is 3.46. The van der Waals surface area contributed by atoms with Gasteiger partial charge in [0.2, 0.25) is 0 Å². The van der Waals surface area contributed by atoms with E-state index in [9.17, 15) is 14.4 Å². The zero-order valence-corrected chi connectivity index (χ0v) is 54.1. The molecule has 81 heavy (non-hydrogen) atoms. The van der Waals surface area contributed by atoms with Crippen LogP contribution in [0.2, 0.25) is 0 Å². The molecule has 0 saturated carbocycles. The molecule has 0 fully saturated rings. The second kappa shape index (κ2) is 69.3. The van der Waals surface area contributed by atoms with Gasteiger partial charge in [-0.25, -0.2) is 0 Å². The minimum atomic E-state index is -0.791. The van der Waals surface area contributed by atoms with Crippen LogP contribution in [0.5, 0.6) is 0 Å². The van der Waals surface area contributed by atoms with Crippen LogP contribution < -0.4 is 0 Å². The second-order valence-corrected chi connectivity index (χ2v) is 23.8. The molecule has 0 aromatic carbocycles. The fourth-order valence-electron chi connectivity index (χ4n) is 10.4. The average molecular weight is 1130 g/mol. The fraction of sp³-hybridized carbons (Fsp3) is 0.800. The fourth-order valence-corrected chi connectivity index (χ4v) is 10.4. The lowest BCUT2D eigenvalue weighted by molar-refractivity contribution is -0.167. The Bertz CT molecular complexity index is 1490. The molecule has 0 radical (unpaired) electrons. The Morgan fingerprint density at radius 2 is 0.481 bits per heavy atom. The summed E-state index contributed by atoms with van der Waals surface area (Å²) in [6, 6.07) is 0. The van der Waals surface area contributed by atoms with Crippen LogP contribution in [0.25, 0.3) is 0 Å². The third-order valence-corrected chi connectivity index (χ3v) is 15.7. The summed E-state index contributed by atoms with van der Waals surface area (Å²) in [6.45, 7) is 6.54. The van der Waals surface area contributed by atoms with E-state index in [1.807, 2.05) is 0 Å². The minimum Gasteiger partial charge on any atom is -0.462 e. The predicted octanol–water partition coefficient (Wildman–Crippen LogP) is 24.4. The van der Waals surface area contributed by atoms with Crippen LogP contribution in [-0.2, 0) is 28.6 Å². The SMILES string of the molecule is CC/C=C\C/C=C\C/C=C\CCCCCC(=O)OCC(COC(=O)CCCCCCCCCCCCCCCCCCC/C=C\CCCCCCCCCC)OC(=O)CCCCCCCCCCC/C=C\C/C=C\CCCCCCC. The Morgan fingerprint density at radius 1 is 0.259 bits per heavy atom. The van der Waals surface area contributed by atoms with E-state index in [-0.39, 0.29) is 31.1 Å². The van der Waals surface area contributed by atoms with E-state index in [2.05, 4.69) is 93.7 Å². The summed E-state index contributed by atoms with van der Waals surface area (Å²) >= 11 is 0. The first-order valence-electron chi connectivity index (χ1n) is 35.4. The number of ether oxygens (including phenoxy) is 3. The van der Waals surface area contributed by atoms with E-state index in [0.29, 0.717) is 19.3 Å². The van der Waals surface area contributed by atoms with Crippen LogP contribution in [0.1, 0.15) is 367 Å². The van der Waals surface area contributed by atoms with E-state index in [1.54, 1.807) is 0 Å². The smallest absolute Gasteiger partial charge is 0.306 e. The molecule has 6 heteroatoms. The zero-order valence-electron chi connectivity index (χ0n) is 54.1. The molecule has 0 rings (SSSR count). The van der Waals surface area contributed by atoms with Gasteiger partial charge >= 0.3 is 17.9 Å². The topological polar surface area (TPSA) is 78.9 Å². The standard InChI is InChI=1S/C75H134O6/c1-4-7-10-13-16-19-22-25-27-29-31-33-34-35-36-37-38-39-40-42-43-45-47-50-53-56-59-62-65-68-74(77)80-71-72(70-79-73(76)67-64-61-58-55-52-49-24-21-18-15-12-9-6-3)81-75(78)69-66-63-60-57-54-51-48-46-44-41-32-30-28-26-23-20-17-14-11-8-5-2/h9,12,18,21,23,26,29-32,49,52,72H,4-8,10-11,13-17,19-20,22,24-25,27-28,33-48,50-51,53-71H2,1-3H3/b12-9-,21-18-,26-23-,31-29-,32-30-,52-49-. The molecule has 0 aromatic rings. The molecule has 0 spiro atoms. The van der Waals surface area contributed by atoms with Crippen molar-refractivity contribution in [2.45, 2.75) is 374 Å². The maximum atomic E-state index is 12.9. The van der Waals surface area contributed by atoms with Crippen LogP contribution in [-0.4, -0.2) is 37.2 Å². The Hall–Kier alpha value is -3.15. The molecule has 0 amide bonds. The van der Waals surface area contributed by atoms with E-state index in [0.717, 1.165) is 89.9 Å². The summed E-state index contributed by atoms with van der Waals surface area (Å²) in [5.41, 5.74) is 0. The van der Waals surface area contributed by atoms with Crippen LogP contribution in [0.4, 0.5) is 0 Å². The summed E-state index contributed by atoms with van der Waals surface area (Å²) < 4.78 is 16.9. The van der Waals surface area contributed by atoms with E-state index < -0.39 is 6.10 Å². The van der Waals surface area contributed by atoms with Crippen molar-refractivity contribution >= 4 is 17.9 Å². The molecule has 0 aliphatic rings. The van der Waals surface area contributed by atoms with Crippen LogP contribution >= 0.6 is 0 Å². The van der Waals surface area contributed by atoms with Crippen molar-refractivity contribution in [3.05, 3.63) is 72.9 Å². The Morgan fingerprint density at radius 3 is 0.778 bits per heavy atom. The third kappa shape index (κ3) is 67.5. The van der Waals surface area contributed by atoms with Crippen molar-refractivity contribution in [1.29, 1.82) is 0 Å². The molecule has 470 valence electrons. The Labute approximate surface area is 503 Å². The maximum absolute atomic E-state index is 12.9. The molecule has 6 nitrogen and oxygen atoms in total. The summed E-state index contributed by atoms with van der Waals surface area (Å²) in [5.74, 6) is -0.900. The highest BCUT2D eigenvalue weighted by Crippen LogP contribution is 2.18.